The van der Waals surface area contributed by atoms with Gasteiger partial charge in [-0.25, -0.2) is 0 Å². The Morgan fingerprint density at radius 1 is 1.80 bits per heavy atom. The maximum Gasteiger partial charge on any atom is 0.0723 e. The molecule has 0 aliphatic heterocycles. The van der Waals surface area contributed by atoms with Crippen molar-refractivity contribution in [3.8, 4) is 0 Å². The number of aliphatic hydroxyl groups excluding tert-OH is 1. The Morgan fingerprint density at radius 3 is 3.10 bits per heavy atom. The number of hydrogen-bond acceptors (Lipinski definition) is 3. The van der Waals surface area contributed by atoms with Crippen LogP contribution in [0.5, 0.6) is 0 Å². The van der Waals surface area contributed by atoms with E-state index in [4.69, 9.17) is 5.11 Å². The summed E-state index contributed by atoms with van der Waals surface area (Å²) in [6.07, 6.45) is 3.56. The topological polar surface area (TPSA) is 50.1 Å². The van der Waals surface area contributed by atoms with Crippen molar-refractivity contribution < 1.29 is 5.11 Å². The molecule has 1 heterocycles. The van der Waals surface area contributed by atoms with Crippen LogP contribution < -0.4 is 5.32 Å². The Bertz CT molecular complexity index is 197. The molecule has 0 atom stereocenters. The Morgan fingerprint density at radius 2 is 2.60 bits per heavy atom. The lowest BCUT2D eigenvalue weighted by Gasteiger charge is -1.94. The average molecular weight is 141 g/mol. The number of hydrogen-bond donors (Lipinski definition) is 2. The maximum absolute atomic E-state index is 8.52. The molecule has 0 saturated carbocycles. The monoisotopic (exact) mass is 141 g/mol. The van der Waals surface area contributed by atoms with E-state index >= 15 is 0 Å². The van der Waals surface area contributed by atoms with Crippen LogP contribution in [0.25, 0.3) is 0 Å². The quantitative estimate of drug-likeness (QED) is 0.619. The third-order valence-corrected chi connectivity index (χ3v) is 1.25. The summed E-state index contributed by atoms with van der Waals surface area (Å²) in [4.78, 5) is 0. The van der Waals surface area contributed by atoms with Crippen LogP contribution in [-0.4, -0.2) is 28.5 Å². The predicted molar refractivity (Wildman–Crippen MR) is 38.9 cm³/mol. The van der Waals surface area contributed by atoms with Crippen molar-refractivity contribution >= 4 is 5.69 Å². The SMILES string of the molecule is CNc1cnn(CCO)c1. The summed E-state index contributed by atoms with van der Waals surface area (Å²) < 4.78 is 1.69. The van der Waals surface area contributed by atoms with Gasteiger partial charge in [-0.2, -0.15) is 5.10 Å². The molecule has 4 nitrogen and oxygen atoms in total. The first kappa shape index (κ1) is 7.08. The first-order valence-electron chi connectivity index (χ1n) is 3.18. The smallest absolute Gasteiger partial charge is 0.0723 e. The molecule has 4 heteroatoms. The number of nitrogens with zero attached hydrogens (tertiary/aromatic N) is 2. The zero-order valence-corrected chi connectivity index (χ0v) is 5.91. The molecule has 0 saturated heterocycles. The Hall–Kier alpha value is -1.03. The fourth-order valence-corrected chi connectivity index (χ4v) is 0.717. The second-order valence-electron chi connectivity index (χ2n) is 1.97. The highest BCUT2D eigenvalue weighted by Gasteiger charge is 1.92. The zero-order valence-electron chi connectivity index (χ0n) is 5.91. The lowest BCUT2D eigenvalue weighted by Crippen LogP contribution is -2.01. The van der Waals surface area contributed by atoms with Gasteiger partial charge in [-0.3, -0.25) is 4.68 Å². The van der Waals surface area contributed by atoms with Gasteiger partial charge in [-0.05, 0) is 0 Å². The van der Waals surface area contributed by atoms with Crippen molar-refractivity contribution in [2.45, 2.75) is 6.54 Å². The minimum Gasteiger partial charge on any atom is -0.394 e. The predicted octanol–water partition coefficient (Wildman–Crippen LogP) is -0.0829. The van der Waals surface area contributed by atoms with Crippen LogP contribution in [-0.2, 0) is 6.54 Å². The zero-order chi connectivity index (χ0) is 7.40. The highest BCUT2D eigenvalue weighted by Crippen LogP contribution is 2.01. The van der Waals surface area contributed by atoms with Crippen molar-refractivity contribution in [1.82, 2.24) is 9.78 Å². The second-order valence-corrected chi connectivity index (χ2v) is 1.97. The van der Waals surface area contributed by atoms with Gasteiger partial charge >= 0.3 is 0 Å². The summed E-state index contributed by atoms with van der Waals surface area (Å²) in [5.41, 5.74) is 0.966. The Kier molecular flexibility index (Phi) is 2.28. The molecule has 0 amide bonds. The standard InChI is InChI=1S/C6H11N3O/c1-7-6-4-8-9(5-6)2-3-10/h4-5,7,10H,2-3H2,1H3. The van der Waals surface area contributed by atoms with E-state index in [1.807, 2.05) is 13.2 Å². The summed E-state index contributed by atoms with van der Waals surface area (Å²) in [5, 5.41) is 15.4. The largest absolute Gasteiger partial charge is 0.394 e. The Labute approximate surface area is 59.5 Å². The number of anilines is 1. The van der Waals surface area contributed by atoms with Crippen molar-refractivity contribution in [2.75, 3.05) is 19.0 Å². The van der Waals surface area contributed by atoms with Crippen molar-refractivity contribution in [3.63, 3.8) is 0 Å². The third-order valence-electron chi connectivity index (χ3n) is 1.25. The maximum atomic E-state index is 8.52. The first-order chi connectivity index (χ1) is 4.86. The van der Waals surface area contributed by atoms with Gasteiger partial charge in [0.15, 0.2) is 0 Å². The molecule has 0 bridgehead atoms. The number of rotatable bonds is 3. The van der Waals surface area contributed by atoms with Gasteiger partial charge in [-0.1, -0.05) is 0 Å². The van der Waals surface area contributed by atoms with E-state index in [1.54, 1.807) is 10.9 Å². The molecular formula is C6H11N3O. The van der Waals surface area contributed by atoms with Crippen LogP contribution in [0, 0.1) is 0 Å². The van der Waals surface area contributed by atoms with Crippen LogP contribution in [0.1, 0.15) is 0 Å². The minimum absolute atomic E-state index is 0.130. The van der Waals surface area contributed by atoms with Gasteiger partial charge in [0.1, 0.15) is 0 Å². The molecule has 1 rings (SSSR count). The van der Waals surface area contributed by atoms with Crippen molar-refractivity contribution in [2.24, 2.45) is 0 Å². The summed E-state index contributed by atoms with van der Waals surface area (Å²) in [7, 11) is 1.83. The van der Waals surface area contributed by atoms with E-state index in [0.29, 0.717) is 6.54 Å². The molecule has 2 N–H and O–H groups in total. The third kappa shape index (κ3) is 1.48. The molecule has 10 heavy (non-hydrogen) atoms. The summed E-state index contributed by atoms with van der Waals surface area (Å²) >= 11 is 0. The number of aromatic nitrogens is 2. The van der Waals surface area contributed by atoms with Crippen LogP contribution >= 0.6 is 0 Å². The molecule has 1 aromatic heterocycles. The van der Waals surface area contributed by atoms with Gasteiger partial charge in [-0.15, -0.1) is 0 Å². The molecule has 0 spiro atoms. The molecule has 0 aliphatic carbocycles. The van der Waals surface area contributed by atoms with Crippen LogP contribution in [0.4, 0.5) is 5.69 Å². The number of nitrogens with one attached hydrogen (secondary N) is 1. The highest BCUT2D eigenvalue weighted by atomic mass is 16.3. The highest BCUT2D eigenvalue weighted by molar-refractivity contribution is 5.36. The molecular weight excluding hydrogens is 130 g/mol. The van der Waals surface area contributed by atoms with Gasteiger partial charge in [0.05, 0.1) is 25.0 Å². The summed E-state index contributed by atoms with van der Waals surface area (Å²) in [5.74, 6) is 0. The fourth-order valence-electron chi connectivity index (χ4n) is 0.717. The lowest BCUT2D eigenvalue weighted by atomic mass is 10.6. The Balaban J connectivity index is 2.59. The van der Waals surface area contributed by atoms with Gasteiger partial charge < -0.3 is 10.4 Å². The van der Waals surface area contributed by atoms with Crippen molar-refractivity contribution in [1.29, 1.82) is 0 Å². The van der Waals surface area contributed by atoms with E-state index in [9.17, 15) is 0 Å². The fraction of sp³-hybridized carbons (Fsp3) is 0.500. The second kappa shape index (κ2) is 3.22. The van der Waals surface area contributed by atoms with Gasteiger partial charge in [0.2, 0.25) is 0 Å². The molecule has 56 valence electrons. The van der Waals surface area contributed by atoms with E-state index in [0.717, 1.165) is 5.69 Å². The number of aliphatic hydroxyl groups is 1. The molecule has 0 unspecified atom stereocenters. The van der Waals surface area contributed by atoms with Gasteiger partial charge in [0, 0.05) is 13.2 Å². The van der Waals surface area contributed by atoms with E-state index < -0.39 is 0 Å². The van der Waals surface area contributed by atoms with E-state index in [-0.39, 0.29) is 6.61 Å². The lowest BCUT2D eigenvalue weighted by molar-refractivity contribution is 0.269. The van der Waals surface area contributed by atoms with E-state index in [1.165, 1.54) is 0 Å². The first-order valence-corrected chi connectivity index (χ1v) is 3.18. The van der Waals surface area contributed by atoms with Gasteiger partial charge in [0.25, 0.3) is 0 Å². The van der Waals surface area contributed by atoms with Crippen LogP contribution in [0.15, 0.2) is 12.4 Å². The molecule has 0 aromatic carbocycles. The normalized spacial score (nSPS) is 9.80. The molecule has 0 aliphatic rings. The summed E-state index contributed by atoms with van der Waals surface area (Å²) in [6, 6.07) is 0. The van der Waals surface area contributed by atoms with Crippen LogP contribution in [0.3, 0.4) is 0 Å². The van der Waals surface area contributed by atoms with Crippen LogP contribution in [0.2, 0.25) is 0 Å². The molecule has 1 aromatic rings. The summed E-state index contributed by atoms with van der Waals surface area (Å²) in [6.45, 7) is 0.687. The molecule has 0 radical (unpaired) electrons. The average Bonchev–Trinajstić information content (AvgIpc) is 2.37. The molecule has 0 fully saturated rings. The van der Waals surface area contributed by atoms with Crippen molar-refractivity contribution in [3.05, 3.63) is 12.4 Å². The van der Waals surface area contributed by atoms with E-state index in [2.05, 4.69) is 10.4 Å². The minimum atomic E-state index is 0.130.